The maximum Gasteiger partial charge on any atom is 0.188 e. The van der Waals surface area contributed by atoms with E-state index in [1.807, 2.05) is 18.2 Å². The highest BCUT2D eigenvalue weighted by molar-refractivity contribution is 14.0. The lowest BCUT2D eigenvalue weighted by Crippen LogP contribution is -2.33. The maximum absolute atomic E-state index is 6.04. The van der Waals surface area contributed by atoms with Crippen LogP contribution in [0.15, 0.2) is 47.5 Å². The first-order chi connectivity index (χ1) is 15.2. The minimum Gasteiger partial charge on any atom is -0.493 e. The summed E-state index contributed by atoms with van der Waals surface area (Å²) in [4.78, 5) is 7.04. The lowest BCUT2D eigenvalue weighted by atomic mass is 10.1. The first-order valence-corrected chi connectivity index (χ1v) is 11.2. The summed E-state index contributed by atoms with van der Waals surface area (Å²) < 4.78 is 10.6. The molecule has 0 bridgehead atoms. The van der Waals surface area contributed by atoms with Crippen molar-refractivity contribution in [1.29, 1.82) is 0 Å². The van der Waals surface area contributed by atoms with Crippen LogP contribution in [0.4, 0.5) is 0 Å². The summed E-state index contributed by atoms with van der Waals surface area (Å²) in [6.45, 7) is 4.78. The van der Waals surface area contributed by atoms with E-state index in [1.54, 1.807) is 14.2 Å². The third kappa shape index (κ3) is 8.50. The number of nitrogens with zero attached hydrogens (tertiary/aromatic N) is 2. The van der Waals surface area contributed by atoms with Gasteiger partial charge in [0.05, 0.1) is 20.8 Å². The van der Waals surface area contributed by atoms with Gasteiger partial charge in [0.15, 0.2) is 17.5 Å². The fourth-order valence-electron chi connectivity index (χ4n) is 3.91. The van der Waals surface area contributed by atoms with Crippen LogP contribution in [-0.2, 0) is 19.5 Å². The number of likely N-dealkylation sites (tertiary alicyclic amines) is 1. The van der Waals surface area contributed by atoms with Gasteiger partial charge < -0.3 is 20.5 Å². The molecular formula is C25H37IN4O2. The number of benzene rings is 2. The van der Waals surface area contributed by atoms with Gasteiger partial charge in [-0.15, -0.1) is 24.0 Å². The number of halogens is 1. The fraction of sp³-hybridized carbons (Fsp3) is 0.480. The van der Waals surface area contributed by atoms with Gasteiger partial charge in [-0.2, -0.15) is 0 Å². The van der Waals surface area contributed by atoms with Gasteiger partial charge in [0.2, 0.25) is 0 Å². The van der Waals surface area contributed by atoms with Crippen molar-refractivity contribution >= 4 is 29.9 Å². The number of hydrogen-bond donors (Lipinski definition) is 2. The molecule has 0 spiro atoms. The lowest BCUT2D eigenvalue weighted by Gasteiger charge is -2.19. The average Bonchev–Trinajstić information content (AvgIpc) is 3.07. The van der Waals surface area contributed by atoms with E-state index >= 15 is 0 Å². The first-order valence-electron chi connectivity index (χ1n) is 11.2. The fourth-order valence-corrected chi connectivity index (χ4v) is 3.91. The highest BCUT2D eigenvalue weighted by Gasteiger charge is 2.09. The summed E-state index contributed by atoms with van der Waals surface area (Å²) in [7, 11) is 3.28. The maximum atomic E-state index is 6.04. The Balaban J connectivity index is 0.00000363. The van der Waals surface area contributed by atoms with Gasteiger partial charge in [-0.25, -0.2) is 4.99 Å². The van der Waals surface area contributed by atoms with Crippen LogP contribution in [0.25, 0.3) is 0 Å². The number of guanidine groups is 1. The van der Waals surface area contributed by atoms with Crippen LogP contribution in [0.5, 0.6) is 11.5 Å². The molecule has 0 amide bonds. The second-order valence-corrected chi connectivity index (χ2v) is 8.07. The Morgan fingerprint density at radius 2 is 1.53 bits per heavy atom. The smallest absolute Gasteiger partial charge is 0.188 e. The first kappa shape index (κ1) is 26.3. The van der Waals surface area contributed by atoms with Gasteiger partial charge in [0.1, 0.15) is 0 Å². The van der Waals surface area contributed by atoms with E-state index in [0.717, 1.165) is 30.0 Å². The van der Waals surface area contributed by atoms with Crippen molar-refractivity contribution in [3.05, 3.63) is 59.2 Å². The summed E-state index contributed by atoms with van der Waals surface area (Å²) in [5.41, 5.74) is 9.74. The second-order valence-electron chi connectivity index (χ2n) is 8.07. The molecule has 0 radical (unpaired) electrons. The predicted octanol–water partition coefficient (Wildman–Crippen LogP) is 4.34. The van der Waals surface area contributed by atoms with Crippen LogP contribution in [0.2, 0.25) is 0 Å². The minimum absolute atomic E-state index is 0. The summed E-state index contributed by atoms with van der Waals surface area (Å²) in [5.74, 6) is 1.94. The summed E-state index contributed by atoms with van der Waals surface area (Å²) in [6, 6.07) is 14.7. The lowest BCUT2D eigenvalue weighted by molar-refractivity contribution is 0.277. The molecule has 2 aromatic rings. The molecule has 1 aliphatic rings. The van der Waals surface area contributed by atoms with Crippen molar-refractivity contribution in [2.75, 3.05) is 33.9 Å². The quantitative estimate of drug-likeness (QED) is 0.275. The Labute approximate surface area is 209 Å². The number of nitrogens with two attached hydrogens (primary N) is 1. The predicted molar refractivity (Wildman–Crippen MR) is 142 cm³/mol. The molecule has 32 heavy (non-hydrogen) atoms. The average molecular weight is 553 g/mol. The number of methoxy groups -OCH3 is 2. The largest absolute Gasteiger partial charge is 0.493 e. The van der Waals surface area contributed by atoms with Crippen molar-refractivity contribution in [2.45, 2.75) is 45.2 Å². The standard InChI is InChI=1S/C25H36N4O2.HI/c1-30-23-12-11-20(17-24(23)31-2)13-14-27-25(26)28-18-21-7-9-22(10-8-21)19-29-15-5-3-4-6-16-29;/h7-12,17H,3-6,13-16,18-19H2,1-2H3,(H3,26,27,28);1H. The molecule has 0 saturated carbocycles. The number of ether oxygens (including phenoxy) is 2. The van der Waals surface area contributed by atoms with Crippen LogP contribution in [0.3, 0.4) is 0 Å². The molecule has 0 aromatic heterocycles. The zero-order valence-corrected chi connectivity index (χ0v) is 21.6. The molecule has 0 aliphatic carbocycles. The van der Waals surface area contributed by atoms with E-state index in [2.05, 4.69) is 39.5 Å². The Morgan fingerprint density at radius 3 is 2.19 bits per heavy atom. The van der Waals surface area contributed by atoms with Crippen LogP contribution >= 0.6 is 24.0 Å². The number of hydrogen-bond acceptors (Lipinski definition) is 4. The molecule has 3 N–H and O–H groups in total. The molecule has 7 heteroatoms. The van der Waals surface area contributed by atoms with Gasteiger partial charge >= 0.3 is 0 Å². The zero-order valence-electron chi connectivity index (χ0n) is 19.3. The molecular weight excluding hydrogens is 515 g/mol. The molecule has 1 fully saturated rings. The van der Waals surface area contributed by atoms with Crippen molar-refractivity contribution < 1.29 is 9.47 Å². The zero-order chi connectivity index (χ0) is 21.9. The SMILES string of the molecule is COc1ccc(CCNC(N)=NCc2ccc(CN3CCCCCC3)cc2)cc1OC.I. The van der Waals surface area contributed by atoms with Crippen LogP contribution in [-0.4, -0.2) is 44.7 Å². The Kier molecular flexibility index (Phi) is 11.7. The van der Waals surface area contributed by atoms with E-state index in [0.29, 0.717) is 19.0 Å². The summed E-state index contributed by atoms with van der Waals surface area (Å²) in [5, 5.41) is 3.19. The third-order valence-corrected chi connectivity index (χ3v) is 5.73. The second kappa shape index (κ2) is 14.2. The van der Waals surface area contributed by atoms with Crippen molar-refractivity contribution in [1.82, 2.24) is 10.2 Å². The topological polar surface area (TPSA) is 72.1 Å². The minimum atomic E-state index is 0. The molecule has 6 nitrogen and oxygen atoms in total. The molecule has 1 aliphatic heterocycles. The van der Waals surface area contributed by atoms with E-state index in [4.69, 9.17) is 15.2 Å². The molecule has 2 aromatic carbocycles. The molecule has 176 valence electrons. The van der Waals surface area contributed by atoms with E-state index in [-0.39, 0.29) is 24.0 Å². The van der Waals surface area contributed by atoms with E-state index in [9.17, 15) is 0 Å². The van der Waals surface area contributed by atoms with E-state index in [1.165, 1.54) is 49.9 Å². The van der Waals surface area contributed by atoms with Gasteiger partial charge in [0.25, 0.3) is 0 Å². The number of aliphatic imine (C=N–C) groups is 1. The third-order valence-electron chi connectivity index (χ3n) is 5.73. The summed E-state index contributed by atoms with van der Waals surface area (Å²) in [6.07, 6.45) is 6.21. The van der Waals surface area contributed by atoms with Gasteiger partial charge in [-0.05, 0) is 61.2 Å². The molecule has 3 rings (SSSR count). The highest BCUT2D eigenvalue weighted by atomic mass is 127. The van der Waals surface area contributed by atoms with Crippen LogP contribution < -0.4 is 20.5 Å². The molecule has 0 unspecified atom stereocenters. The Bertz CT molecular complexity index is 834. The van der Waals surface area contributed by atoms with Crippen molar-refractivity contribution in [3.63, 3.8) is 0 Å². The van der Waals surface area contributed by atoms with Crippen LogP contribution in [0.1, 0.15) is 42.4 Å². The number of rotatable bonds is 9. The van der Waals surface area contributed by atoms with Gasteiger partial charge in [0, 0.05) is 13.1 Å². The highest BCUT2D eigenvalue weighted by Crippen LogP contribution is 2.27. The Morgan fingerprint density at radius 1 is 0.906 bits per heavy atom. The molecule has 1 heterocycles. The normalized spacial score (nSPS) is 14.9. The van der Waals surface area contributed by atoms with Gasteiger partial charge in [-0.3, -0.25) is 4.90 Å². The van der Waals surface area contributed by atoms with E-state index < -0.39 is 0 Å². The monoisotopic (exact) mass is 552 g/mol. The summed E-state index contributed by atoms with van der Waals surface area (Å²) >= 11 is 0. The van der Waals surface area contributed by atoms with Gasteiger partial charge in [-0.1, -0.05) is 43.2 Å². The molecule has 0 atom stereocenters. The van der Waals surface area contributed by atoms with Crippen molar-refractivity contribution in [2.24, 2.45) is 10.7 Å². The Hall–Kier alpha value is -2.00. The number of nitrogens with one attached hydrogen (secondary N) is 1. The van der Waals surface area contributed by atoms with Crippen molar-refractivity contribution in [3.8, 4) is 11.5 Å². The molecule has 1 saturated heterocycles. The van der Waals surface area contributed by atoms with Crippen LogP contribution in [0, 0.1) is 0 Å².